The highest BCUT2D eigenvalue weighted by Crippen LogP contribution is 2.30. The monoisotopic (exact) mass is 491 g/mol. The number of hydrazine groups is 1. The summed E-state index contributed by atoms with van der Waals surface area (Å²) in [6, 6.07) is 8.39. The summed E-state index contributed by atoms with van der Waals surface area (Å²) in [5.41, 5.74) is 0.974. The van der Waals surface area contributed by atoms with Crippen LogP contribution in [-0.4, -0.2) is 95.4 Å². The van der Waals surface area contributed by atoms with E-state index in [4.69, 9.17) is 4.74 Å². The number of urea groups is 2. The number of benzene rings is 1. The highest BCUT2D eigenvalue weighted by atomic mass is 32.2. The van der Waals surface area contributed by atoms with Crippen molar-refractivity contribution in [3.05, 3.63) is 35.9 Å². The maximum atomic E-state index is 13.3. The van der Waals surface area contributed by atoms with Crippen molar-refractivity contribution < 1.29 is 19.1 Å². The first-order chi connectivity index (χ1) is 16.5. The van der Waals surface area contributed by atoms with Gasteiger partial charge in [-0.15, -0.1) is 0 Å². The van der Waals surface area contributed by atoms with E-state index in [-0.39, 0.29) is 18.0 Å². The molecule has 10 heteroatoms. The van der Waals surface area contributed by atoms with Crippen LogP contribution < -0.4 is 5.32 Å². The Bertz CT molecular complexity index is 827. The van der Waals surface area contributed by atoms with Crippen LogP contribution in [0.1, 0.15) is 38.2 Å². The fraction of sp³-hybridized carbons (Fsp3) is 0.625. The van der Waals surface area contributed by atoms with Crippen molar-refractivity contribution in [3.8, 4) is 0 Å². The van der Waals surface area contributed by atoms with Crippen molar-refractivity contribution in [2.45, 2.75) is 51.4 Å². The number of nitrogens with one attached hydrogen (secondary N) is 1. The van der Waals surface area contributed by atoms with E-state index in [0.717, 1.165) is 37.2 Å². The molecule has 1 aromatic rings. The van der Waals surface area contributed by atoms with Crippen LogP contribution >= 0.6 is 11.8 Å². The van der Waals surface area contributed by atoms with E-state index in [1.165, 1.54) is 10.0 Å². The topological polar surface area (TPSA) is 85.4 Å². The second-order valence-electron chi connectivity index (χ2n) is 8.58. The van der Waals surface area contributed by atoms with Crippen LogP contribution in [0, 0.1) is 0 Å². The maximum Gasteiger partial charge on any atom is 0.341 e. The molecule has 0 spiro atoms. The highest BCUT2D eigenvalue weighted by Gasteiger charge is 2.53. The zero-order valence-corrected chi connectivity index (χ0v) is 21.3. The van der Waals surface area contributed by atoms with Crippen LogP contribution in [0.2, 0.25) is 0 Å². The molecule has 34 heavy (non-hydrogen) atoms. The number of ether oxygens (including phenoxy) is 1. The molecule has 2 fully saturated rings. The minimum absolute atomic E-state index is 0.0489. The van der Waals surface area contributed by atoms with Crippen molar-refractivity contribution in [1.82, 2.24) is 25.1 Å². The lowest BCUT2D eigenvalue weighted by molar-refractivity contribution is -0.145. The molecule has 2 heterocycles. The van der Waals surface area contributed by atoms with Crippen LogP contribution in [-0.2, 0) is 16.1 Å². The quantitative estimate of drug-likeness (QED) is 0.455. The maximum absolute atomic E-state index is 13.3. The lowest BCUT2D eigenvalue weighted by atomic mass is 10.1. The summed E-state index contributed by atoms with van der Waals surface area (Å²) in [4.78, 5) is 43.0. The molecule has 5 amide bonds. The van der Waals surface area contributed by atoms with Gasteiger partial charge >= 0.3 is 12.1 Å². The van der Waals surface area contributed by atoms with Gasteiger partial charge in [-0.2, -0.15) is 11.8 Å². The van der Waals surface area contributed by atoms with Crippen molar-refractivity contribution >= 4 is 29.7 Å². The largest absolute Gasteiger partial charge is 0.381 e. The number of hydrogen-bond acceptors (Lipinski definition) is 5. The Morgan fingerprint density at radius 2 is 1.91 bits per heavy atom. The average Bonchev–Trinajstić information content (AvgIpc) is 3.09. The summed E-state index contributed by atoms with van der Waals surface area (Å²) in [7, 11) is 1.59. The third-order valence-corrected chi connectivity index (χ3v) is 6.83. The smallest absolute Gasteiger partial charge is 0.341 e. The normalized spacial score (nSPS) is 20.2. The molecule has 2 aliphatic heterocycles. The zero-order chi connectivity index (χ0) is 24.5. The van der Waals surface area contributed by atoms with Gasteiger partial charge in [0, 0.05) is 33.4 Å². The second-order valence-corrected chi connectivity index (χ2v) is 9.57. The van der Waals surface area contributed by atoms with Gasteiger partial charge in [0.25, 0.3) is 0 Å². The molecule has 188 valence electrons. The third-order valence-electron chi connectivity index (χ3n) is 6.19. The Hall–Kier alpha value is -2.46. The average molecular weight is 492 g/mol. The molecule has 0 aromatic heterocycles. The van der Waals surface area contributed by atoms with Crippen LogP contribution in [0.4, 0.5) is 9.59 Å². The van der Waals surface area contributed by atoms with Gasteiger partial charge in [-0.05, 0) is 36.8 Å². The molecule has 0 bridgehead atoms. The molecular formula is C24H37N5O4S. The van der Waals surface area contributed by atoms with E-state index in [1.54, 1.807) is 28.6 Å². The van der Waals surface area contributed by atoms with E-state index in [1.807, 2.05) is 36.6 Å². The summed E-state index contributed by atoms with van der Waals surface area (Å²) in [6.07, 6.45) is 4.84. The number of carbonyl (C=O) groups excluding carboxylic acids is 3. The van der Waals surface area contributed by atoms with E-state index in [2.05, 4.69) is 12.2 Å². The Morgan fingerprint density at radius 3 is 2.62 bits per heavy atom. The van der Waals surface area contributed by atoms with Crippen LogP contribution in [0.5, 0.6) is 0 Å². The number of thioether (sulfide) groups is 1. The first kappa shape index (κ1) is 26.2. The van der Waals surface area contributed by atoms with E-state index in [9.17, 15) is 14.4 Å². The standard InChI is InChI=1S/C24H37N5O4S/c1-4-5-14-33-15-9-13-27-18-21-28(20(22(27)30)12-16-34-3)24(32)26(2)29(21)23(31)25-17-19-10-7-6-8-11-19/h6-8,10-11,20-21H,4-5,9,12-18H2,1-3H3,(H,25,31)/t20-,21-/m0/s1. The number of carbonyl (C=O) groups is 3. The van der Waals surface area contributed by atoms with E-state index in [0.29, 0.717) is 32.7 Å². The predicted molar refractivity (Wildman–Crippen MR) is 133 cm³/mol. The van der Waals surface area contributed by atoms with Crippen LogP contribution in [0.15, 0.2) is 30.3 Å². The molecule has 0 unspecified atom stereocenters. The van der Waals surface area contributed by atoms with Gasteiger partial charge in [-0.25, -0.2) is 19.6 Å². The fourth-order valence-electron chi connectivity index (χ4n) is 4.35. The minimum Gasteiger partial charge on any atom is -0.381 e. The number of unbranched alkanes of at least 4 members (excludes halogenated alkanes) is 1. The predicted octanol–water partition coefficient (Wildman–Crippen LogP) is 2.98. The number of hydrogen-bond donors (Lipinski definition) is 1. The first-order valence-electron chi connectivity index (χ1n) is 12.0. The highest BCUT2D eigenvalue weighted by molar-refractivity contribution is 7.98. The van der Waals surface area contributed by atoms with Gasteiger partial charge in [0.2, 0.25) is 5.91 Å². The van der Waals surface area contributed by atoms with Gasteiger partial charge in [-0.3, -0.25) is 9.69 Å². The second kappa shape index (κ2) is 12.9. The van der Waals surface area contributed by atoms with Crippen LogP contribution in [0.3, 0.4) is 0 Å². The molecule has 0 aliphatic carbocycles. The molecule has 0 saturated carbocycles. The molecule has 2 aliphatic rings. The zero-order valence-electron chi connectivity index (χ0n) is 20.4. The summed E-state index contributed by atoms with van der Waals surface area (Å²) < 4.78 is 5.66. The SMILES string of the molecule is CCCCOCCCN1C[C@H]2N(C(=O)N(C)N2C(=O)NCc2ccccc2)[C@@H](CCSC)C1=O. The molecule has 2 saturated heterocycles. The Kier molecular flexibility index (Phi) is 9.88. The van der Waals surface area contributed by atoms with Gasteiger partial charge < -0.3 is 15.0 Å². The van der Waals surface area contributed by atoms with E-state index < -0.39 is 12.2 Å². The summed E-state index contributed by atoms with van der Waals surface area (Å²) in [6.45, 7) is 4.64. The Labute approximate surface area is 206 Å². The summed E-state index contributed by atoms with van der Waals surface area (Å²) in [5.74, 6) is 0.706. The van der Waals surface area contributed by atoms with Crippen molar-refractivity contribution in [3.63, 3.8) is 0 Å². The van der Waals surface area contributed by atoms with E-state index >= 15 is 0 Å². The molecule has 1 N–H and O–H groups in total. The number of fused-ring (bicyclic) bond motifs is 1. The van der Waals surface area contributed by atoms with Crippen molar-refractivity contribution in [2.75, 3.05) is 45.4 Å². The molecular weight excluding hydrogens is 454 g/mol. The molecule has 9 nitrogen and oxygen atoms in total. The number of nitrogens with zero attached hydrogens (tertiary/aromatic N) is 4. The number of amides is 5. The molecule has 2 atom stereocenters. The summed E-state index contributed by atoms with van der Waals surface area (Å²) in [5, 5.41) is 5.71. The number of piperazine rings is 1. The Balaban J connectivity index is 1.71. The fourth-order valence-corrected chi connectivity index (χ4v) is 4.81. The van der Waals surface area contributed by atoms with Crippen molar-refractivity contribution in [1.29, 1.82) is 0 Å². The van der Waals surface area contributed by atoms with Gasteiger partial charge in [0.05, 0.1) is 6.54 Å². The first-order valence-corrected chi connectivity index (χ1v) is 13.4. The molecule has 3 rings (SSSR count). The third kappa shape index (κ3) is 6.15. The number of rotatable bonds is 12. The molecule has 0 radical (unpaired) electrons. The van der Waals surface area contributed by atoms with Gasteiger partial charge in [0.15, 0.2) is 0 Å². The van der Waals surface area contributed by atoms with Gasteiger partial charge in [0.1, 0.15) is 12.2 Å². The lowest BCUT2D eigenvalue weighted by Crippen LogP contribution is -2.64. The Morgan fingerprint density at radius 1 is 1.18 bits per heavy atom. The molecule has 1 aromatic carbocycles. The van der Waals surface area contributed by atoms with Crippen LogP contribution in [0.25, 0.3) is 0 Å². The van der Waals surface area contributed by atoms with Gasteiger partial charge in [-0.1, -0.05) is 43.7 Å². The minimum atomic E-state index is -0.575. The summed E-state index contributed by atoms with van der Waals surface area (Å²) >= 11 is 1.64. The van der Waals surface area contributed by atoms with Crippen molar-refractivity contribution in [2.24, 2.45) is 0 Å². The lowest BCUT2D eigenvalue weighted by Gasteiger charge is -2.43.